The van der Waals surface area contributed by atoms with Gasteiger partial charge in [0, 0.05) is 24.6 Å². The fourth-order valence-corrected chi connectivity index (χ4v) is 5.02. The third-order valence-corrected chi connectivity index (χ3v) is 7.17. The van der Waals surface area contributed by atoms with Crippen LogP contribution in [0.25, 0.3) is 0 Å². The van der Waals surface area contributed by atoms with Crippen molar-refractivity contribution in [2.24, 2.45) is 0 Å². The van der Waals surface area contributed by atoms with Gasteiger partial charge in [0.2, 0.25) is 0 Å². The van der Waals surface area contributed by atoms with Crippen LogP contribution in [0.3, 0.4) is 0 Å². The Morgan fingerprint density at radius 3 is 2.05 bits per heavy atom. The molecule has 0 aliphatic rings. The van der Waals surface area contributed by atoms with E-state index in [1.54, 1.807) is 14.0 Å². The third kappa shape index (κ3) is 8.96. The summed E-state index contributed by atoms with van der Waals surface area (Å²) < 4.78 is 15.8. The zero-order chi connectivity index (χ0) is 29.6. The number of methoxy groups -OCH3 is 1. The molecule has 0 heterocycles. The minimum atomic E-state index is -0.389. The Morgan fingerprint density at radius 1 is 0.762 bits per heavy atom. The molecule has 1 amide bonds. The van der Waals surface area contributed by atoms with Crippen LogP contribution in [0.15, 0.2) is 109 Å². The third-order valence-electron chi connectivity index (χ3n) is 7.17. The fraction of sp³-hybridized carbons (Fsp3) is 0.278. The van der Waals surface area contributed by atoms with Gasteiger partial charge in [-0.05, 0) is 79.3 Å². The number of nitrogens with zero attached hydrogens (tertiary/aromatic N) is 1. The van der Waals surface area contributed by atoms with E-state index in [0.717, 1.165) is 30.6 Å². The molecule has 0 bridgehead atoms. The quantitative estimate of drug-likeness (QED) is 0.146. The number of carbonyl (C=O) groups excluding carboxylic acids is 2. The van der Waals surface area contributed by atoms with Crippen LogP contribution < -0.4 is 9.47 Å². The molecule has 4 rings (SSSR count). The molecule has 0 aromatic heterocycles. The van der Waals surface area contributed by atoms with Crippen LogP contribution >= 0.6 is 0 Å². The van der Waals surface area contributed by atoms with Gasteiger partial charge >= 0.3 is 5.97 Å². The van der Waals surface area contributed by atoms with Gasteiger partial charge in [-0.15, -0.1) is 0 Å². The summed E-state index contributed by atoms with van der Waals surface area (Å²) in [5.74, 6) is 1.13. The van der Waals surface area contributed by atoms with Gasteiger partial charge in [-0.3, -0.25) is 4.79 Å². The summed E-state index contributed by atoms with van der Waals surface area (Å²) in [6.07, 6.45) is 2.35. The zero-order valence-electron chi connectivity index (χ0n) is 24.4. The van der Waals surface area contributed by atoms with Crippen molar-refractivity contribution in [3.8, 4) is 11.5 Å². The molecule has 0 radical (unpaired) electrons. The first kappa shape index (κ1) is 30.4. The van der Waals surface area contributed by atoms with E-state index in [9.17, 15) is 9.59 Å². The highest BCUT2D eigenvalue weighted by atomic mass is 16.6. The highest BCUT2D eigenvalue weighted by molar-refractivity contribution is 5.94. The second-order valence-corrected chi connectivity index (χ2v) is 10.0. The second-order valence-electron chi connectivity index (χ2n) is 10.0. The van der Waals surface area contributed by atoms with Gasteiger partial charge in [-0.2, -0.15) is 0 Å². The lowest BCUT2D eigenvalue weighted by atomic mass is 9.88. The Kier molecular flexibility index (Phi) is 11.6. The molecule has 4 aromatic rings. The monoisotopic (exact) mass is 565 g/mol. The normalized spacial score (nSPS) is 10.7. The minimum Gasteiger partial charge on any atom is -0.497 e. The summed E-state index contributed by atoms with van der Waals surface area (Å²) in [6.45, 7) is 3.19. The Bertz CT molecular complexity index is 1350. The van der Waals surface area contributed by atoms with E-state index in [1.807, 2.05) is 65.6 Å². The van der Waals surface area contributed by atoms with Gasteiger partial charge in [0.1, 0.15) is 11.5 Å². The average molecular weight is 566 g/mol. The van der Waals surface area contributed by atoms with Crippen molar-refractivity contribution in [2.45, 2.75) is 32.1 Å². The number of carbonyl (C=O) groups is 2. The molecule has 42 heavy (non-hydrogen) atoms. The van der Waals surface area contributed by atoms with Crippen molar-refractivity contribution < 1.29 is 23.8 Å². The van der Waals surface area contributed by atoms with Crippen molar-refractivity contribution in [1.82, 2.24) is 4.90 Å². The van der Waals surface area contributed by atoms with Gasteiger partial charge < -0.3 is 19.1 Å². The van der Waals surface area contributed by atoms with E-state index in [4.69, 9.17) is 14.2 Å². The van der Waals surface area contributed by atoms with Crippen molar-refractivity contribution in [3.63, 3.8) is 0 Å². The summed E-state index contributed by atoms with van der Waals surface area (Å²) >= 11 is 0. The van der Waals surface area contributed by atoms with Crippen LogP contribution in [0.4, 0.5) is 0 Å². The molecule has 0 saturated heterocycles. The highest BCUT2D eigenvalue weighted by Crippen LogP contribution is 2.28. The van der Waals surface area contributed by atoms with Crippen LogP contribution in [0, 0.1) is 0 Å². The molecule has 0 saturated carbocycles. The molecule has 0 N–H and O–H groups in total. The Balaban J connectivity index is 1.46. The smallest absolute Gasteiger partial charge is 0.344 e. The molecule has 0 fully saturated rings. The molecule has 6 nitrogen and oxygen atoms in total. The first-order valence-electron chi connectivity index (χ1n) is 14.5. The van der Waals surface area contributed by atoms with Crippen molar-refractivity contribution in [2.75, 3.05) is 33.4 Å². The summed E-state index contributed by atoms with van der Waals surface area (Å²) in [6, 6.07) is 36.0. The van der Waals surface area contributed by atoms with E-state index in [1.165, 1.54) is 11.1 Å². The number of esters is 1. The lowest BCUT2D eigenvalue weighted by Crippen LogP contribution is -2.34. The standard InChI is InChI=1S/C36H39NO5/c1-3-41-35(38)27-42-33-18-10-12-28(26-33)13-11-24-37(36(39)31-19-21-32(40-2)22-20-31)25-23-34(29-14-6-4-7-15-29)30-16-8-5-9-17-30/h4-10,12,14-22,26,34H,3,11,13,23-25,27H2,1-2H3. The van der Waals surface area contributed by atoms with Gasteiger partial charge in [-0.1, -0.05) is 72.8 Å². The van der Waals surface area contributed by atoms with Gasteiger partial charge in [-0.25, -0.2) is 4.79 Å². The molecule has 0 spiro atoms. The van der Waals surface area contributed by atoms with Crippen molar-refractivity contribution in [3.05, 3.63) is 131 Å². The molecule has 0 atom stereocenters. The van der Waals surface area contributed by atoms with Crippen molar-refractivity contribution >= 4 is 11.9 Å². The van der Waals surface area contributed by atoms with Crippen LogP contribution in [0.2, 0.25) is 0 Å². The van der Waals surface area contributed by atoms with Gasteiger partial charge in [0.05, 0.1) is 13.7 Å². The van der Waals surface area contributed by atoms with Crippen LogP contribution in [0.1, 0.15) is 52.7 Å². The van der Waals surface area contributed by atoms with Gasteiger partial charge in [0.15, 0.2) is 6.61 Å². The number of benzene rings is 4. The van der Waals surface area contributed by atoms with Crippen molar-refractivity contribution in [1.29, 1.82) is 0 Å². The lowest BCUT2D eigenvalue weighted by Gasteiger charge is -2.26. The highest BCUT2D eigenvalue weighted by Gasteiger charge is 2.20. The van der Waals surface area contributed by atoms with E-state index >= 15 is 0 Å². The predicted molar refractivity (Wildman–Crippen MR) is 165 cm³/mol. The Hall–Kier alpha value is -4.58. The number of aryl methyl sites for hydroxylation is 1. The summed E-state index contributed by atoms with van der Waals surface area (Å²) in [4.78, 5) is 27.4. The number of hydrogen-bond donors (Lipinski definition) is 0. The maximum Gasteiger partial charge on any atom is 0.344 e. The number of ether oxygens (including phenoxy) is 3. The van der Waals surface area contributed by atoms with Gasteiger partial charge in [0.25, 0.3) is 5.91 Å². The maximum atomic E-state index is 13.8. The predicted octanol–water partition coefficient (Wildman–Crippen LogP) is 6.93. The van der Waals surface area contributed by atoms with E-state index in [-0.39, 0.29) is 24.4 Å². The van der Waals surface area contributed by atoms with E-state index in [0.29, 0.717) is 31.0 Å². The van der Waals surface area contributed by atoms with E-state index < -0.39 is 0 Å². The number of amides is 1. The number of rotatable bonds is 15. The summed E-state index contributed by atoms with van der Waals surface area (Å²) in [5.41, 5.74) is 4.20. The Morgan fingerprint density at radius 2 is 1.43 bits per heavy atom. The lowest BCUT2D eigenvalue weighted by molar-refractivity contribution is -0.145. The SMILES string of the molecule is CCOC(=O)COc1cccc(CCCN(CCC(c2ccccc2)c2ccccc2)C(=O)c2ccc(OC)cc2)c1. The van der Waals surface area contributed by atoms with Crippen LogP contribution in [0.5, 0.6) is 11.5 Å². The van der Waals surface area contributed by atoms with E-state index in [2.05, 4.69) is 48.5 Å². The average Bonchev–Trinajstić information content (AvgIpc) is 3.04. The first-order chi connectivity index (χ1) is 20.6. The number of hydrogen-bond acceptors (Lipinski definition) is 5. The summed E-state index contributed by atoms with van der Waals surface area (Å²) in [7, 11) is 1.62. The molecule has 0 aliphatic carbocycles. The molecule has 0 aliphatic heterocycles. The molecule has 0 unspecified atom stereocenters. The topological polar surface area (TPSA) is 65.1 Å². The zero-order valence-corrected chi connectivity index (χ0v) is 24.4. The maximum absolute atomic E-state index is 13.8. The minimum absolute atomic E-state index is 0.00375. The Labute approximate surface area is 248 Å². The fourth-order valence-electron chi connectivity index (χ4n) is 5.02. The van der Waals surface area contributed by atoms with Crippen LogP contribution in [-0.2, 0) is 16.0 Å². The molecular formula is C36H39NO5. The summed E-state index contributed by atoms with van der Waals surface area (Å²) in [5, 5.41) is 0. The molecule has 218 valence electrons. The van der Waals surface area contributed by atoms with Crippen LogP contribution in [-0.4, -0.2) is 50.2 Å². The molecule has 4 aromatic carbocycles. The molecular weight excluding hydrogens is 526 g/mol. The largest absolute Gasteiger partial charge is 0.497 e. The first-order valence-corrected chi connectivity index (χ1v) is 14.5. The molecule has 6 heteroatoms. The second kappa shape index (κ2) is 16.0.